The number of nitrogen functional groups attached to an aromatic ring is 1. The van der Waals surface area contributed by atoms with Gasteiger partial charge in [-0.25, -0.2) is 4.98 Å². The molecule has 0 aliphatic rings. The highest BCUT2D eigenvalue weighted by Crippen LogP contribution is 2.29. The lowest BCUT2D eigenvalue weighted by atomic mass is 10.3. The molecular weight excluding hydrogens is 288 g/mol. The first-order valence-corrected chi connectivity index (χ1v) is 7.06. The highest BCUT2D eigenvalue weighted by atomic mass is 32.1. The van der Waals surface area contributed by atoms with Gasteiger partial charge in [-0.05, 0) is 24.3 Å². The Kier molecular flexibility index (Phi) is 3.26. The second-order valence-corrected chi connectivity index (χ2v) is 5.61. The lowest BCUT2D eigenvalue weighted by Gasteiger charge is -2.01. The van der Waals surface area contributed by atoms with Crippen molar-refractivity contribution in [2.24, 2.45) is 7.05 Å². The van der Waals surface area contributed by atoms with Crippen LogP contribution in [0.1, 0.15) is 10.5 Å². The van der Waals surface area contributed by atoms with Gasteiger partial charge < -0.3 is 15.0 Å². The largest absolute Gasteiger partial charge is 0.497 e. The van der Waals surface area contributed by atoms with Crippen molar-refractivity contribution in [2.75, 3.05) is 18.2 Å². The summed E-state index contributed by atoms with van der Waals surface area (Å²) in [5.74, 6) is 0.527. The first kappa shape index (κ1) is 13.4. The highest BCUT2D eigenvalue weighted by molar-refractivity contribution is 7.22. The van der Waals surface area contributed by atoms with E-state index in [9.17, 15) is 4.79 Å². The van der Waals surface area contributed by atoms with E-state index < -0.39 is 0 Å². The number of anilines is 2. The van der Waals surface area contributed by atoms with Crippen LogP contribution in [0.15, 0.2) is 30.5 Å². The van der Waals surface area contributed by atoms with E-state index in [1.165, 1.54) is 11.3 Å². The third kappa shape index (κ3) is 2.55. The van der Waals surface area contributed by atoms with E-state index in [1.807, 2.05) is 18.2 Å². The number of amides is 1. The maximum absolute atomic E-state index is 12.2. The van der Waals surface area contributed by atoms with Crippen molar-refractivity contribution in [1.82, 2.24) is 9.55 Å². The predicted molar refractivity (Wildman–Crippen MR) is 84.0 cm³/mol. The number of thiazole rings is 1. The number of methoxy groups -OCH3 is 1. The molecule has 0 saturated heterocycles. The lowest BCUT2D eigenvalue weighted by molar-refractivity contribution is 0.101. The summed E-state index contributed by atoms with van der Waals surface area (Å²) in [5.41, 5.74) is 7.54. The Bertz CT molecular complexity index is 822. The van der Waals surface area contributed by atoms with Crippen LogP contribution in [0.4, 0.5) is 10.8 Å². The van der Waals surface area contributed by atoms with Gasteiger partial charge in [0.15, 0.2) is 5.13 Å². The van der Waals surface area contributed by atoms with Gasteiger partial charge in [-0.3, -0.25) is 10.1 Å². The fraction of sp³-hybridized carbons (Fsp3) is 0.143. The number of aromatic nitrogens is 2. The summed E-state index contributed by atoms with van der Waals surface area (Å²) < 4.78 is 7.81. The average molecular weight is 302 g/mol. The molecule has 7 heteroatoms. The van der Waals surface area contributed by atoms with Crippen LogP contribution < -0.4 is 15.8 Å². The zero-order valence-electron chi connectivity index (χ0n) is 11.6. The van der Waals surface area contributed by atoms with Gasteiger partial charge in [0.1, 0.15) is 11.4 Å². The monoisotopic (exact) mass is 302 g/mol. The van der Waals surface area contributed by atoms with Crippen LogP contribution in [-0.4, -0.2) is 22.6 Å². The maximum Gasteiger partial charge on any atom is 0.274 e. The van der Waals surface area contributed by atoms with Crippen molar-refractivity contribution in [2.45, 2.75) is 0 Å². The highest BCUT2D eigenvalue weighted by Gasteiger charge is 2.13. The van der Waals surface area contributed by atoms with Crippen LogP contribution >= 0.6 is 11.3 Å². The molecule has 0 aliphatic carbocycles. The third-order valence-corrected chi connectivity index (χ3v) is 4.01. The van der Waals surface area contributed by atoms with Crippen molar-refractivity contribution in [3.8, 4) is 5.75 Å². The summed E-state index contributed by atoms with van der Waals surface area (Å²) in [4.78, 5) is 16.6. The number of nitrogens with one attached hydrogen (secondary N) is 1. The topological polar surface area (TPSA) is 82.2 Å². The smallest absolute Gasteiger partial charge is 0.274 e. The predicted octanol–water partition coefficient (Wildman–Crippen LogP) is 2.48. The molecule has 2 aromatic heterocycles. The molecule has 0 unspecified atom stereocenters. The first-order valence-electron chi connectivity index (χ1n) is 6.24. The summed E-state index contributed by atoms with van der Waals surface area (Å²) >= 11 is 1.40. The fourth-order valence-electron chi connectivity index (χ4n) is 2.06. The van der Waals surface area contributed by atoms with Gasteiger partial charge in [-0.1, -0.05) is 11.3 Å². The van der Waals surface area contributed by atoms with Gasteiger partial charge in [-0.15, -0.1) is 0 Å². The Labute approximate surface area is 125 Å². The van der Waals surface area contributed by atoms with Gasteiger partial charge in [-0.2, -0.15) is 0 Å². The number of aryl methyl sites for hydroxylation is 1. The van der Waals surface area contributed by atoms with Gasteiger partial charge in [0.2, 0.25) is 0 Å². The van der Waals surface area contributed by atoms with Gasteiger partial charge in [0.25, 0.3) is 5.91 Å². The summed E-state index contributed by atoms with van der Waals surface area (Å²) in [7, 11) is 3.39. The molecule has 0 atom stereocenters. The van der Waals surface area contributed by atoms with Crippen molar-refractivity contribution >= 4 is 38.3 Å². The zero-order chi connectivity index (χ0) is 15.0. The maximum atomic E-state index is 12.2. The Hall–Kier alpha value is -2.54. The van der Waals surface area contributed by atoms with Crippen LogP contribution in [0.3, 0.4) is 0 Å². The summed E-state index contributed by atoms with van der Waals surface area (Å²) in [5, 5.41) is 3.34. The SMILES string of the molecule is COc1ccc2nc(NC(=O)c3cc(N)cn3C)sc2c1. The van der Waals surface area contributed by atoms with Crippen LogP contribution in [0, 0.1) is 0 Å². The Morgan fingerprint density at radius 2 is 2.24 bits per heavy atom. The molecule has 0 aliphatic heterocycles. The van der Waals surface area contributed by atoms with E-state index in [1.54, 1.807) is 31.0 Å². The molecule has 1 amide bonds. The number of nitrogens with zero attached hydrogens (tertiary/aromatic N) is 2. The molecule has 0 spiro atoms. The van der Waals surface area contributed by atoms with Gasteiger partial charge in [0, 0.05) is 13.2 Å². The quantitative estimate of drug-likeness (QED) is 0.778. The molecule has 1 aromatic carbocycles. The minimum Gasteiger partial charge on any atom is -0.497 e. The molecule has 108 valence electrons. The molecule has 6 nitrogen and oxygen atoms in total. The number of carbonyl (C=O) groups is 1. The standard InChI is InChI=1S/C14H14N4O2S/c1-18-7-8(15)5-11(18)13(19)17-14-16-10-4-3-9(20-2)6-12(10)21-14/h3-7H,15H2,1-2H3,(H,16,17,19). The van der Waals surface area contributed by atoms with Crippen molar-refractivity contribution in [1.29, 1.82) is 0 Å². The third-order valence-electron chi connectivity index (χ3n) is 3.07. The molecule has 3 aromatic rings. The zero-order valence-corrected chi connectivity index (χ0v) is 12.4. The van der Waals surface area contributed by atoms with Crippen molar-refractivity contribution in [3.05, 3.63) is 36.2 Å². The molecule has 0 bridgehead atoms. The second kappa shape index (κ2) is 5.10. The number of hydrogen-bond donors (Lipinski definition) is 2. The Morgan fingerprint density at radius 1 is 1.43 bits per heavy atom. The molecule has 2 heterocycles. The lowest BCUT2D eigenvalue weighted by Crippen LogP contribution is -2.15. The van der Waals surface area contributed by atoms with Crippen molar-refractivity contribution in [3.63, 3.8) is 0 Å². The normalized spacial score (nSPS) is 10.8. The first-order chi connectivity index (χ1) is 10.1. The van der Waals surface area contributed by atoms with Crippen LogP contribution in [0.25, 0.3) is 10.2 Å². The molecular formula is C14H14N4O2S. The molecule has 0 radical (unpaired) electrons. The van der Waals surface area contributed by atoms with E-state index in [-0.39, 0.29) is 5.91 Å². The van der Waals surface area contributed by atoms with E-state index in [0.29, 0.717) is 16.5 Å². The molecule has 21 heavy (non-hydrogen) atoms. The number of carbonyl (C=O) groups excluding carboxylic acids is 1. The van der Waals surface area contributed by atoms with Crippen LogP contribution in [0.2, 0.25) is 0 Å². The summed E-state index contributed by atoms with van der Waals surface area (Å²) in [6.45, 7) is 0. The van der Waals surface area contributed by atoms with Gasteiger partial charge >= 0.3 is 0 Å². The van der Waals surface area contributed by atoms with Crippen LogP contribution in [0.5, 0.6) is 5.75 Å². The number of fused-ring (bicyclic) bond motifs is 1. The fourth-order valence-corrected chi connectivity index (χ4v) is 2.95. The van der Waals surface area contributed by atoms with E-state index in [0.717, 1.165) is 16.0 Å². The number of rotatable bonds is 3. The minimum atomic E-state index is -0.236. The van der Waals surface area contributed by atoms with Gasteiger partial charge in [0.05, 0.1) is 23.0 Å². The number of benzene rings is 1. The molecule has 3 N–H and O–H groups in total. The molecule has 0 fully saturated rings. The van der Waals surface area contributed by atoms with E-state index >= 15 is 0 Å². The Balaban J connectivity index is 1.87. The summed E-state index contributed by atoms with van der Waals surface area (Å²) in [6.07, 6.45) is 1.69. The van der Waals surface area contributed by atoms with Crippen molar-refractivity contribution < 1.29 is 9.53 Å². The van der Waals surface area contributed by atoms with Crippen LogP contribution in [-0.2, 0) is 7.05 Å². The Morgan fingerprint density at radius 3 is 2.90 bits per heavy atom. The second-order valence-electron chi connectivity index (χ2n) is 4.58. The number of hydrogen-bond acceptors (Lipinski definition) is 5. The average Bonchev–Trinajstić information content (AvgIpc) is 2.99. The summed E-state index contributed by atoms with van der Waals surface area (Å²) in [6, 6.07) is 7.22. The minimum absolute atomic E-state index is 0.236. The molecule has 0 saturated carbocycles. The number of nitrogens with two attached hydrogens (primary N) is 1. The van der Waals surface area contributed by atoms with E-state index in [2.05, 4.69) is 10.3 Å². The van der Waals surface area contributed by atoms with E-state index in [4.69, 9.17) is 10.5 Å². The number of ether oxygens (including phenoxy) is 1. The molecule has 3 rings (SSSR count).